The van der Waals surface area contributed by atoms with Gasteiger partial charge >= 0.3 is 0 Å². The minimum Gasteiger partial charge on any atom is -0.483 e. The van der Waals surface area contributed by atoms with Crippen LogP contribution in [0.1, 0.15) is 43.2 Å². The number of halogens is 1. The van der Waals surface area contributed by atoms with Crippen molar-refractivity contribution >= 4 is 15.9 Å². The van der Waals surface area contributed by atoms with Gasteiger partial charge in [-0.25, -0.2) is 17.5 Å². The lowest BCUT2D eigenvalue weighted by Gasteiger charge is -2.23. The number of hydrogen-bond acceptors (Lipinski definition) is 4. The Morgan fingerprint density at radius 1 is 1.16 bits per heavy atom. The van der Waals surface area contributed by atoms with Gasteiger partial charge in [0.15, 0.2) is 6.61 Å². The van der Waals surface area contributed by atoms with Crippen molar-refractivity contribution in [1.29, 1.82) is 0 Å². The van der Waals surface area contributed by atoms with Crippen LogP contribution in [0.4, 0.5) is 4.39 Å². The van der Waals surface area contributed by atoms with E-state index in [0.717, 1.165) is 32.1 Å². The van der Waals surface area contributed by atoms with Crippen LogP contribution in [0, 0.1) is 12.7 Å². The number of carbonyl (C=O) groups excluding carboxylic acids is 1. The van der Waals surface area contributed by atoms with Gasteiger partial charge in [0.1, 0.15) is 11.6 Å². The minimum absolute atomic E-state index is 0.0161. The summed E-state index contributed by atoms with van der Waals surface area (Å²) < 4.78 is 47.5. The summed E-state index contributed by atoms with van der Waals surface area (Å²) >= 11 is 0. The van der Waals surface area contributed by atoms with Crippen LogP contribution in [0.5, 0.6) is 5.75 Å². The molecule has 2 aromatic rings. The summed E-state index contributed by atoms with van der Waals surface area (Å²) in [6.45, 7) is 1.65. The Morgan fingerprint density at radius 2 is 1.87 bits per heavy atom. The van der Waals surface area contributed by atoms with E-state index in [9.17, 15) is 17.6 Å². The van der Waals surface area contributed by atoms with Gasteiger partial charge in [0.2, 0.25) is 10.0 Å². The fourth-order valence-corrected chi connectivity index (χ4v) is 5.07. The highest BCUT2D eigenvalue weighted by atomic mass is 32.2. The van der Waals surface area contributed by atoms with Crippen molar-refractivity contribution in [1.82, 2.24) is 9.62 Å². The molecule has 8 heteroatoms. The number of ether oxygens (including phenoxy) is 1. The first-order chi connectivity index (χ1) is 14.8. The van der Waals surface area contributed by atoms with Crippen molar-refractivity contribution in [2.75, 3.05) is 13.7 Å². The summed E-state index contributed by atoms with van der Waals surface area (Å²) in [5.41, 5.74) is 1.05. The summed E-state index contributed by atoms with van der Waals surface area (Å²) in [7, 11) is -2.02. The Hall–Kier alpha value is -2.45. The number of carbonyl (C=O) groups is 1. The Morgan fingerprint density at radius 3 is 2.55 bits per heavy atom. The van der Waals surface area contributed by atoms with Gasteiger partial charge in [-0.2, -0.15) is 0 Å². The third kappa shape index (κ3) is 6.27. The number of aryl methyl sites for hydroxylation is 1. The summed E-state index contributed by atoms with van der Waals surface area (Å²) in [6.07, 6.45) is 4.96. The number of nitrogens with zero attached hydrogens (tertiary/aromatic N) is 1. The maximum absolute atomic E-state index is 13.8. The lowest BCUT2D eigenvalue weighted by atomic mass is 9.96. The molecule has 1 aliphatic rings. The molecular weight excluding hydrogens is 419 g/mol. The number of hydrogen-bond donors (Lipinski definition) is 1. The summed E-state index contributed by atoms with van der Waals surface area (Å²) in [6, 6.07) is 10.9. The van der Waals surface area contributed by atoms with Gasteiger partial charge in [0.05, 0.1) is 4.90 Å². The molecule has 3 rings (SSSR count). The first-order valence-corrected chi connectivity index (χ1v) is 12.0. The molecule has 1 aliphatic carbocycles. The van der Waals surface area contributed by atoms with Crippen LogP contribution in [0.15, 0.2) is 47.4 Å². The third-order valence-corrected chi connectivity index (χ3v) is 7.04. The number of nitrogens with one attached hydrogen (secondary N) is 1. The van der Waals surface area contributed by atoms with Crippen molar-refractivity contribution < 1.29 is 22.3 Å². The number of sulfonamides is 1. The number of benzene rings is 2. The van der Waals surface area contributed by atoms with Crippen molar-refractivity contribution in [3.8, 4) is 5.75 Å². The van der Waals surface area contributed by atoms with E-state index in [2.05, 4.69) is 4.72 Å². The molecule has 1 N–H and O–H groups in total. The van der Waals surface area contributed by atoms with Gasteiger partial charge in [0.25, 0.3) is 5.91 Å². The highest BCUT2D eigenvalue weighted by Gasteiger charge is 2.22. The molecule has 0 aromatic heterocycles. The molecule has 1 amide bonds. The van der Waals surface area contributed by atoms with E-state index in [1.807, 2.05) is 0 Å². The zero-order chi connectivity index (χ0) is 22.4. The fraction of sp³-hybridized carbons (Fsp3) is 0.435. The maximum atomic E-state index is 13.8. The van der Waals surface area contributed by atoms with Gasteiger partial charge < -0.3 is 9.64 Å². The van der Waals surface area contributed by atoms with E-state index in [1.165, 1.54) is 17.0 Å². The minimum atomic E-state index is -3.60. The van der Waals surface area contributed by atoms with Crippen LogP contribution in [0.2, 0.25) is 0 Å². The van der Waals surface area contributed by atoms with Crippen LogP contribution in [-0.4, -0.2) is 38.9 Å². The average molecular weight is 449 g/mol. The molecule has 2 aromatic carbocycles. The first-order valence-electron chi connectivity index (χ1n) is 10.5. The standard InChI is InChI=1S/C23H29FN2O4S/c1-17-14-20(31(28,29)25-19-9-4-3-5-10-19)12-13-22(17)30-16-23(27)26(2)15-18-8-6-7-11-21(18)24/h6-8,11-14,19,25H,3-5,9-10,15-16H2,1-2H3. The monoisotopic (exact) mass is 448 g/mol. The van der Waals surface area contributed by atoms with Gasteiger partial charge in [-0.05, 0) is 49.6 Å². The van der Waals surface area contributed by atoms with Crippen LogP contribution in [0.25, 0.3) is 0 Å². The molecule has 0 atom stereocenters. The zero-order valence-electron chi connectivity index (χ0n) is 17.9. The second kappa shape index (κ2) is 10.2. The van der Waals surface area contributed by atoms with Crippen LogP contribution >= 0.6 is 0 Å². The molecule has 1 fully saturated rings. The molecule has 6 nitrogen and oxygen atoms in total. The third-order valence-electron chi connectivity index (χ3n) is 5.53. The fourth-order valence-electron chi connectivity index (χ4n) is 3.68. The molecule has 0 radical (unpaired) electrons. The Kier molecular flexibility index (Phi) is 7.67. The largest absolute Gasteiger partial charge is 0.483 e. The first kappa shape index (κ1) is 23.2. The Balaban J connectivity index is 1.58. The number of likely N-dealkylation sites (N-methyl/N-ethyl adjacent to an activating group) is 1. The van der Waals surface area contributed by atoms with Gasteiger partial charge in [0, 0.05) is 25.2 Å². The second-order valence-corrected chi connectivity index (χ2v) is 9.73. The average Bonchev–Trinajstić information content (AvgIpc) is 2.74. The maximum Gasteiger partial charge on any atom is 0.260 e. The molecule has 0 spiro atoms. The van der Waals surface area contributed by atoms with Crippen LogP contribution in [-0.2, 0) is 21.4 Å². The molecule has 0 bridgehead atoms. The number of rotatable bonds is 8. The van der Waals surface area contributed by atoms with Gasteiger partial charge in [-0.15, -0.1) is 0 Å². The topological polar surface area (TPSA) is 75.7 Å². The Bertz CT molecular complexity index is 1020. The molecule has 31 heavy (non-hydrogen) atoms. The van der Waals surface area contributed by atoms with E-state index in [4.69, 9.17) is 4.74 Å². The lowest BCUT2D eigenvalue weighted by Crippen LogP contribution is -2.36. The highest BCUT2D eigenvalue weighted by molar-refractivity contribution is 7.89. The predicted molar refractivity (Wildman–Crippen MR) is 117 cm³/mol. The predicted octanol–water partition coefficient (Wildman–Crippen LogP) is 3.78. The Labute approximate surface area is 183 Å². The van der Waals surface area contributed by atoms with E-state index in [-0.39, 0.29) is 35.8 Å². The normalized spacial score (nSPS) is 14.9. The SMILES string of the molecule is Cc1cc(S(=O)(=O)NC2CCCCC2)ccc1OCC(=O)N(C)Cc1ccccc1F. The van der Waals surface area contributed by atoms with E-state index < -0.39 is 10.0 Å². The lowest BCUT2D eigenvalue weighted by molar-refractivity contribution is -0.132. The molecule has 168 valence electrons. The quantitative estimate of drug-likeness (QED) is 0.667. The van der Waals surface area contributed by atoms with Crippen molar-refractivity contribution in [3.05, 3.63) is 59.4 Å². The van der Waals surface area contributed by atoms with Gasteiger partial charge in [-0.3, -0.25) is 4.79 Å². The van der Waals surface area contributed by atoms with Crippen LogP contribution in [0.3, 0.4) is 0 Å². The van der Waals surface area contributed by atoms with E-state index in [0.29, 0.717) is 16.9 Å². The summed E-state index contributed by atoms with van der Waals surface area (Å²) in [4.78, 5) is 13.9. The smallest absolute Gasteiger partial charge is 0.260 e. The van der Waals surface area contributed by atoms with E-state index >= 15 is 0 Å². The molecule has 0 unspecified atom stereocenters. The molecule has 1 saturated carbocycles. The molecule has 0 saturated heterocycles. The second-order valence-electron chi connectivity index (χ2n) is 8.01. The van der Waals surface area contributed by atoms with Crippen molar-refractivity contribution in [2.45, 2.75) is 56.5 Å². The molecule has 0 aliphatic heterocycles. The molecule has 0 heterocycles. The van der Waals surface area contributed by atoms with Crippen LogP contribution < -0.4 is 9.46 Å². The van der Waals surface area contributed by atoms with Gasteiger partial charge in [-0.1, -0.05) is 37.5 Å². The van der Waals surface area contributed by atoms with Crippen molar-refractivity contribution in [3.63, 3.8) is 0 Å². The zero-order valence-corrected chi connectivity index (χ0v) is 18.8. The summed E-state index contributed by atoms with van der Waals surface area (Å²) in [5, 5.41) is 0. The highest BCUT2D eigenvalue weighted by Crippen LogP contribution is 2.24. The summed E-state index contributed by atoms with van der Waals surface area (Å²) in [5.74, 6) is -0.236. The molecular formula is C23H29FN2O4S. The van der Waals surface area contributed by atoms with E-state index in [1.54, 1.807) is 44.3 Å². The number of amides is 1. The van der Waals surface area contributed by atoms with Crippen molar-refractivity contribution in [2.24, 2.45) is 0 Å².